The monoisotopic (exact) mass is 418 g/mol. The molecule has 1 amide bonds. The fourth-order valence-electron chi connectivity index (χ4n) is 3.05. The fourth-order valence-corrected chi connectivity index (χ4v) is 3.05. The Morgan fingerprint density at radius 3 is 2.35 bits per heavy atom. The van der Waals surface area contributed by atoms with E-state index in [1.807, 2.05) is 54.6 Å². The maximum absolute atomic E-state index is 12.2. The average Bonchev–Trinajstić information content (AvgIpc) is 2.81. The van der Waals surface area contributed by atoms with Crippen molar-refractivity contribution in [3.63, 3.8) is 0 Å². The van der Waals surface area contributed by atoms with E-state index in [1.165, 1.54) is 5.56 Å². The lowest BCUT2D eigenvalue weighted by atomic mass is 10.1. The minimum absolute atomic E-state index is 0.117. The molecule has 0 fully saturated rings. The Labute approximate surface area is 184 Å². The fraction of sp³-hybridized carbons (Fsp3) is 0.269. The number of aryl methyl sites for hydroxylation is 1. The normalized spacial score (nSPS) is 10.4. The lowest BCUT2D eigenvalue weighted by Gasteiger charge is -2.11. The highest BCUT2D eigenvalue weighted by Gasteiger charge is 2.04. The number of rotatable bonds is 12. The summed E-state index contributed by atoms with van der Waals surface area (Å²) >= 11 is 0. The number of hydrogen-bond acceptors (Lipinski definition) is 4. The number of benzene rings is 3. The van der Waals surface area contributed by atoms with Gasteiger partial charge in [-0.25, -0.2) is 0 Å². The van der Waals surface area contributed by atoms with Crippen LogP contribution in [-0.2, 0) is 11.2 Å². The second kappa shape index (κ2) is 12.3. The van der Waals surface area contributed by atoms with Crippen LogP contribution in [0.25, 0.3) is 0 Å². The van der Waals surface area contributed by atoms with Crippen molar-refractivity contribution in [1.82, 2.24) is 0 Å². The summed E-state index contributed by atoms with van der Waals surface area (Å²) in [5, 5.41) is 6.01. The lowest BCUT2D eigenvalue weighted by molar-refractivity contribution is -0.114. The first kappa shape index (κ1) is 22.2. The smallest absolute Gasteiger partial charge is 0.243 e. The van der Waals surface area contributed by atoms with Crippen molar-refractivity contribution >= 4 is 17.3 Å². The zero-order valence-corrected chi connectivity index (χ0v) is 18.0. The summed E-state index contributed by atoms with van der Waals surface area (Å²) in [6.45, 7) is 3.57. The van der Waals surface area contributed by atoms with E-state index in [4.69, 9.17) is 9.47 Å². The summed E-state index contributed by atoms with van der Waals surface area (Å²) in [7, 11) is 0. The van der Waals surface area contributed by atoms with Crippen molar-refractivity contribution in [2.45, 2.75) is 26.2 Å². The third-order valence-electron chi connectivity index (χ3n) is 4.62. The van der Waals surface area contributed by atoms with Gasteiger partial charge in [0.25, 0.3) is 0 Å². The highest BCUT2D eigenvalue weighted by atomic mass is 16.5. The van der Waals surface area contributed by atoms with E-state index in [2.05, 4.69) is 41.8 Å². The van der Waals surface area contributed by atoms with Gasteiger partial charge >= 0.3 is 0 Å². The molecule has 162 valence electrons. The molecule has 5 nitrogen and oxygen atoms in total. The molecule has 0 spiro atoms. The zero-order valence-electron chi connectivity index (χ0n) is 18.0. The summed E-state index contributed by atoms with van der Waals surface area (Å²) in [6.07, 6.45) is 2.91. The number of carbonyl (C=O) groups is 1. The Bertz CT molecular complexity index is 927. The molecule has 0 bridgehead atoms. The predicted octanol–water partition coefficient (Wildman–Crippen LogP) is 5.54. The molecule has 0 atom stereocenters. The SMILES string of the molecule is CCCOc1cccc(NC(=O)CNc2ccc(OCCCc3ccccc3)cc2)c1. The van der Waals surface area contributed by atoms with Crippen LogP contribution in [0.4, 0.5) is 11.4 Å². The van der Waals surface area contributed by atoms with Crippen LogP contribution in [0.2, 0.25) is 0 Å². The Balaban J connectivity index is 1.37. The summed E-state index contributed by atoms with van der Waals surface area (Å²) in [5.41, 5.74) is 2.91. The first-order valence-corrected chi connectivity index (χ1v) is 10.8. The minimum Gasteiger partial charge on any atom is -0.494 e. The van der Waals surface area contributed by atoms with Gasteiger partial charge < -0.3 is 20.1 Å². The molecule has 0 aliphatic rings. The van der Waals surface area contributed by atoms with Crippen LogP contribution in [0.3, 0.4) is 0 Å². The summed E-state index contributed by atoms with van der Waals surface area (Å²) in [5.74, 6) is 1.47. The molecule has 31 heavy (non-hydrogen) atoms. The van der Waals surface area contributed by atoms with Gasteiger partial charge in [0.05, 0.1) is 19.8 Å². The number of nitrogens with one attached hydrogen (secondary N) is 2. The van der Waals surface area contributed by atoms with Gasteiger partial charge in [-0.15, -0.1) is 0 Å². The predicted molar refractivity (Wildman–Crippen MR) is 126 cm³/mol. The average molecular weight is 419 g/mol. The highest BCUT2D eigenvalue weighted by molar-refractivity contribution is 5.93. The van der Waals surface area contributed by atoms with E-state index < -0.39 is 0 Å². The van der Waals surface area contributed by atoms with Gasteiger partial charge in [0.1, 0.15) is 11.5 Å². The Kier molecular flexibility index (Phi) is 8.80. The van der Waals surface area contributed by atoms with Crippen LogP contribution in [0.1, 0.15) is 25.3 Å². The molecule has 0 saturated carbocycles. The summed E-state index contributed by atoms with van der Waals surface area (Å²) in [4.78, 5) is 12.2. The van der Waals surface area contributed by atoms with Crippen molar-refractivity contribution in [2.75, 3.05) is 30.4 Å². The number of hydrogen-bond donors (Lipinski definition) is 2. The van der Waals surface area contributed by atoms with Crippen molar-refractivity contribution in [3.8, 4) is 11.5 Å². The van der Waals surface area contributed by atoms with Crippen molar-refractivity contribution in [2.24, 2.45) is 0 Å². The van der Waals surface area contributed by atoms with Crippen molar-refractivity contribution in [1.29, 1.82) is 0 Å². The van der Waals surface area contributed by atoms with Gasteiger partial charge in [-0.3, -0.25) is 4.79 Å². The number of carbonyl (C=O) groups excluding carboxylic acids is 1. The van der Waals surface area contributed by atoms with Gasteiger partial charge in [0.2, 0.25) is 5.91 Å². The van der Waals surface area contributed by atoms with Gasteiger partial charge in [0.15, 0.2) is 0 Å². The molecule has 2 N–H and O–H groups in total. The van der Waals surface area contributed by atoms with Gasteiger partial charge in [0, 0.05) is 17.4 Å². The van der Waals surface area contributed by atoms with Crippen LogP contribution in [0, 0.1) is 0 Å². The van der Waals surface area contributed by atoms with Crippen LogP contribution in [0.15, 0.2) is 78.9 Å². The molecule has 3 aromatic carbocycles. The third-order valence-corrected chi connectivity index (χ3v) is 4.62. The third kappa shape index (κ3) is 8.05. The first-order chi connectivity index (χ1) is 15.2. The van der Waals surface area contributed by atoms with Gasteiger partial charge in [-0.05, 0) is 61.2 Å². The summed E-state index contributed by atoms with van der Waals surface area (Å²) in [6, 6.07) is 25.5. The molecule has 5 heteroatoms. The molecule has 0 saturated heterocycles. The number of amides is 1. The molecule has 0 unspecified atom stereocenters. The van der Waals surface area contributed by atoms with E-state index in [0.29, 0.717) is 13.2 Å². The second-order valence-corrected chi connectivity index (χ2v) is 7.24. The van der Waals surface area contributed by atoms with Crippen molar-refractivity contribution < 1.29 is 14.3 Å². The largest absolute Gasteiger partial charge is 0.494 e. The molecular weight excluding hydrogens is 388 g/mol. The maximum Gasteiger partial charge on any atom is 0.243 e. The molecule has 0 aliphatic carbocycles. The molecule has 0 aromatic heterocycles. The lowest BCUT2D eigenvalue weighted by Crippen LogP contribution is -2.21. The topological polar surface area (TPSA) is 59.6 Å². The van der Waals surface area contributed by atoms with E-state index in [9.17, 15) is 4.79 Å². The van der Waals surface area contributed by atoms with E-state index in [0.717, 1.165) is 42.1 Å². The Morgan fingerprint density at radius 1 is 0.806 bits per heavy atom. The van der Waals surface area contributed by atoms with Crippen LogP contribution < -0.4 is 20.1 Å². The highest BCUT2D eigenvalue weighted by Crippen LogP contribution is 2.18. The maximum atomic E-state index is 12.2. The molecule has 0 heterocycles. The van der Waals surface area contributed by atoms with Crippen molar-refractivity contribution in [3.05, 3.63) is 84.4 Å². The second-order valence-electron chi connectivity index (χ2n) is 7.24. The van der Waals surface area contributed by atoms with E-state index in [1.54, 1.807) is 0 Å². The Hall–Kier alpha value is -3.47. The quantitative estimate of drug-likeness (QED) is 0.379. The minimum atomic E-state index is -0.117. The van der Waals surface area contributed by atoms with Crippen LogP contribution >= 0.6 is 0 Å². The molecule has 0 aliphatic heterocycles. The molecule has 3 aromatic rings. The molecule has 0 radical (unpaired) electrons. The van der Waals surface area contributed by atoms with Crippen LogP contribution in [-0.4, -0.2) is 25.7 Å². The van der Waals surface area contributed by atoms with E-state index in [-0.39, 0.29) is 12.5 Å². The van der Waals surface area contributed by atoms with Gasteiger partial charge in [-0.1, -0.05) is 43.3 Å². The summed E-state index contributed by atoms with van der Waals surface area (Å²) < 4.78 is 11.4. The van der Waals surface area contributed by atoms with E-state index >= 15 is 0 Å². The molecule has 3 rings (SSSR count). The number of anilines is 2. The first-order valence-electron chi connectivity index (χ1n) is 10.8. The standard InChI is InChI=1S/C26H30N2O3/c1-2-17-30-25-12-6-11-23(19-25)28-26(29)20-27-22-13-15-24(16-14-22)31-18-7-10-21-8-4-3-5-9-21/h3-6,8-9,11-16,19,27H,2,7,10,17-18,20H2,1H3,(H,28,29). The number of ether oxygens (including phenoxy) is 2. The van der Waals surface area contributed by atoms with Gasteiger partial charge in [-0.2, -0.15) is 0 Å². The Morgan fingerprint density at radius 2 is 1.58 bits per heavy atom. The molecular formula is C26H30N2O3. The zero-order chi connectivity index (χ0) is 21.7. The van der Waals surface area contributed by atoms with Crippen LogP contribution in [0.5, 0.6) is 11.5 Å².